The zero-order valence-electron chi connectivity index (χ0n) is 23.9. The average Bonchev–Trinajstić information content (AvgIpc) is 3.09. The van der Waals surface area contributed by atoms with E-state index in [9.17, 15) is 14.4 Å². The van der Waals surface area contributed by atoms with Gasteiger partial charge in [0.05, 0.1) is 0 Å². The quantitative estimate of drug-likeness (QED) is 0.464. The minimum absolute atomic E-state index is 0.0301. The van der Waals surface area contributed by atoms with Crippen molar-refractivity contribution in [1.29, 1.82) is 0 Å². The van der Waals surface area contributed by atoms with E-state index in [0.29, 0.717) is 0 Å². The van der Waals surface area contributed by atoms with Crippen molar-refractivity contribution in [3.63, 3.8) is 0 Å². The van der Waals surface area contributed by atoms with Gasteiger partial charge in [0.1, 0.15) is 0 Å². The molecule has 9 nitrogen and oxygen atoms in total. The number of Topliss-reactive ketones (excluding diaryl/α,β-unsaturated/α-hetero) is 1. The number of nitrogens with zero attached hydrogens (tertiary/aromatic N) is 1. The summed E-state index contributed by atoms with van der Waals surface area (Å²) >= 11 is -0.677. The Labute approximate surface area is 238 Å². The number of nitrogens with one attached hydrogen (secondary N) is 1. The van der Waals surface area contributed by atoms with Gasteiger partial charge in [-0.15, -0.1) is 0 Å². The number of benzene rings is 1. The van der Waals surface area contributed by atoms with Gasteiger partial charge in [0.15, 0.2) is 0 Å². The Hall–Kier alpha value is -1.64. The van der Waals surface area contributed by atoms with Crippen molar-refractivity contribution in [2.75, 3.05) is 6.61 Å². The average molecular weight is 640 g/mol. The number of aromatic nitrogens is 2. The number of hydrogen-bond donors (Lipinski definition) is 1. The molecule has 3 heterocycles. The third-order valence-corrected chi connectivity index (χ3v) is 20.6. The molecular formula is C27H40N2O7SeSi2. The van der Waals surface area contributed by atoms with Gasteiger partial charge in [-0.3, -0.25) is 0 Å². The van der Waals surface area contributed by atoms with Crippen LogP contribution in [0.25, 0.3) is 0 Å². The fourth-order valence-corrected chi connectivity index (χ4v) is 19.4. The Bertz CT molecular complexity index is 1280. The molecule has 0 unspecified atom stereocenters. The van der Waals surface area contributed by atoms with Crippen LogP contribution in [0.4, 0.5) is 0 Å². The molecule has 39 heavy (non-hydrogen) atoms. The van der Waals surface area contributed by atoms with E-state index in [2.05, 4.69) is 60.4 Å². The zero-order valence-corrected chi connectivity index (χ0v) is 27.6. The SMILES string of the molecule is CC(C)[Si]1(C(C)C)OC[C@H]2O[C@]([Se]c3ccccc3)(n3ccc(=O)[nH]c3=O)C(=O)[C@@H]2O[Si](C(C)C)(C(C)C)O1. The van der Waals surface area contributed by atoms with Gasteiger partial charge in [-0.2, -0.15) is 0 Å². The first kappa shape index (κ1) is 30.3. The van der Waals surface area contributed by atoms with Gasteiger partial charge in [0.25, 0.3) is 0 Å². The van der Waals surface area contributed by atoms with Crippen LogP contribution in [0.2, 0.25) is 22.2 Å². The van der Waals surface area contributed by atoms with E-state index in [-0.39, 0.29) is 34.6 Å². The number of hydrogen-bond acceptors (Lipinski definition) is 7. The standard InChI is InChI=1S/C27H40N2O7SeSi2/c1-17(2)38(18(3)4)33-16-22-24(35-39(36-38,19(5)6)20(7)8)25(31)27(34-22,37-21-12-10-9-11-13-21)29-15-14-23(30)28-26(29)32/h9-15,17-20,22,24H,16H2,1-8H3,(H,28,30,32)/t22-,24-,27-/m1/s1. The second-order valence-electron chi connectivity index (χ2n) is 11.5. The van der Waals surface area contributed by atoms with Crippen molar-refractivity contribution in [2.45, 2.75) is 94.4 Å². The summed E-state index contributed by atoms with van der Waals surface area (Å²) in [6.45, 7) is 17.0. The van der Waals surface area contributed by atoms with E-state index in [4.69, 9.17) is 17.7 Å². The summed E-state index contributed by atoms with van der Waals surface area (Å²) in [5, 5.41) is 0. The number of carbonyl (C=O) groups excluding carboxylic acids is 1. The van der Waals surface area contributed by atoms with Gasteiger partial charge in [-0.25, -0.2) is 0 Å². The van der Waals surface area contributed by atoms with E-state index in [1.54, 1.807) is 0 Å². The molecule has 0 saturated carbocycles. The Morgan fingerprint density at radius 3 is 2.03 bits per heavy atom. The fraction of sp³-hybridized carbons (Fsp3) is 0.593. The molecule has 1 aromatic carbocycles. The normalized spacial score (nSPS) is 26.7. The summed E-state index contributed by atoms with van der Waals surface area (Å²) in [5.41, 5.74) is -0.911. The van der Waals surface area contributed by atoms with Crippen LogP contribution < -0.4 is 15.7 Å². The van der Waals surface area contributed by atoms with Crippen LogP contribution >= 0.6 is 0 Å². The number of aromatic amines is 1. The Morgan fingerprint density at radius 2 is 1.49 bits per heavy atom. The number of carbonyl (C=O) groups is 1. The van der Waals surface area contributed by atoms with E-state index in [1.807, 2.05) is 30.3 Å². The van der Waals surface area contributed by atoms with Crippen LogP contribution in [0.3, 0.4) is 0 Å². The van der Waals surface area contributed by atoms with E-state index in [0.717, 1.165) is 4.46 Å². The summed E-state index contributed by atoms with van der Waals surface area (Å²) in [4.78, 5) is 41.9. The number of rotatable bonds is 7. The van der Waals surface area contributed by atoms with Gasteiger partial charge in [-0.05, 0) is 0 Å². The van der Waals surface area contributed by atoms with Gasteiger partial charge in [0.2, 0.25) is 0 Å². The molecule has 1 aromatic heterocycles. The molecule has 0 radical (unpaired) electrons. The van der Waals surface area contributed by atoms with E-state index >= 15 is 0 Å². The predicted octanol–water partition coefficient (Wildman–Crippen LogP) is 3.10. The first-order valence-electron chi connectivity index (χ1n) is 13.6. The molecule has 1 N–H and O–H groups in total. The van der Waals surface area contributed by atoms with Crippen molar-refractivity contribution < 1.29 is 22.5 Å². The first-order chi connectivity index (χ1) is 18.3. The molecule has 0 bridgehead atoms. The number of H-pyrrole nitrogens is 1. The molecule has 2 aliphatic rings. The predicted molar refractivity (Wildman–Crippen MR) is 155 cm³/mol. The van der Waals surface area contributed by atoms with Gasteiger partial charge >= 0.3 is 239 Å². The molecule has 2 aliphatic heterocycles. The zero-order chi connectivity index (χ0) is 28.8. The third kappa shape index (κ3) is 5.26. The van der Waals surface area contributed by atoms with Gasteiger partial charge in [0, 0.05) is 0 Å². The van der Waals surface area contributed by atoms with Gasteiger partial charge in [-0.1, -0.05) is 0 Å². The molecule has 0 spiro atoms. The first-order valence-corrected chi connectivity index (χ1v) is 19.2. The van der Waals surface area contributed by atoms with E-state index in [1.165, 1.54) is 16.8 Å². The van der Waals surface area contributed by atoms with Crippen molar-refractivity contribution in [3.8, 4) is 0 Å². The number of fused-ring (bicyclic) bond motifs is 1. The summed E-state index contributed by atoms with van der Waals surface area (Å²) < 4.78 is 28.1. The Balaban J connectivity index is 1.91. The second-order valence-corrected chi connectivity index (χ2v) is 22.9. The van der Waals surface area contributed by atoms with Crippen LogP contribution in [0.1, 0.15) is 55.4 Å². The molecule has 2 saturated heterocycles. The number of ether oxygens (including phenoxy) is 1. The van der Waals surface area contributed by atoms with Crippen LogP contribution in [0.5, 0.6) is 0 Å². The molecule has 0 aliphatic carbocycles. The Kier molecular flexibility index (Phi) is 8.81. The van der Waals surface area contributed by atoms with Crippen LogP contribution in [-0.2, 0) is 27.1 Å². The topological polar surface area (TPSA) is 109 Å². The maximum absolute atomic E-state index is 14.6. The van der Waals surface area contributed by atoms with Crippen LogP contribution in [0, 0.1) is 0 Å². The summed E-state index contributed by atoms with van der Waals surface area (Å²) in [6.07, 6.45) is -0.367. The minimum atomic E-state index is -3.09. The molecule has 2 fully saturated rings. The van der Waals surface area contributed by atoms with E-state index < -0.39 is 60.2 Å². The van der Waals surface area contributed by atoms with Crippen LogP contribution in [-0.4, -0.2) is 66.2 Å². The Morgan fingerprint density at radius 1 is 0.897 bits per heavy atom. The monoisotopic (exact) mass is 640 g/mol. The molecular weight excluding hydrogens is 599 g/mol. The second kappa shape index (κ2) is 11.3. The third-order valence-electron chi connectivity index (χ3n) is 7.68. The van der Waals surface area contributed by atoms with Gasteiger partial charge < -0.3 is 0 Å². The molecule has 2 aromatic rings. The van der Waals surface area contributed by atoms with Crippen molar-refractivity contribution in [3.05, 3.63) is 63.4 Å². The number of ketones is 1. The maximum atomic E-state index is 14.6. The molecule has 4 rings (SSSR count). The summed E-state index contributed by atoms with van der Waals surface area (Å²) in [5.74, 6) is -0.348. The van der Waals surface area contributed by atoms with Crippen molar-refractivity contribution >= 4 is 42.3 Å². The van der Waals surface area contributed by atoms with Crippen molar-refractivity contribution in [2.24, 2.45) is 0 Å². The molecule has 3 atom stereocenters. The van der Waals surface area contributed by atoms with Crippen molar-refractivity contribution in [1.82, 2.24) is 9.55 Å². The summed E-state index contributed by atoms with van der Waals surface area (Å²) in [6, 6.07) is 10.7. The fourth-order valence-electron chi connectivity index (χ4n) is 5.64. The molecule has 214 valence electrons. The molecule has 0 amide bonds. The van der Waals surface area contributed by atoms with Crippen LogP contribution in [0.15, 0.2) is 52.2 Å². The summed E-state index contributed by atoms with van der Waals surface area (Å²) in [7, 11) is -5.94. The molecule has 12 heteroatoms.